The first kappa shape index (κ1) is 21.7. The number of benzene rings is 2. The molecule has 3 rings (SSSR count). The van der Waals surface area contributed by atoms with Crippen molar-refractivity contribution in [2.75, 3.05) is 11.9 Å². The molecule has 2 aromatic carbocycles. The highest BCUT2D eigenvalue weighted by atomic mass is 35.5. The molecule has 9 heteroatoms. The topological polar surface area (TPSA) is 56.1 Å². The van der Waals surface area contributed by atoms with Gasteiger partial charge in [0.1, 0.15) is 5.75 Å². The molecule has 158 valence electrons. The maximum atomic E-state index is 13.5. The van der Waals surface area contributed by atoms with Crippen LogP contribution >= 0.6 is 11.6 Å². The second-order valence-corrected chi connectivity index (χ2v) is 7.04. The molecule has 0 atom stereocenters. The van der Waals surface area contributed by atoms with E-state index in [2.05, 4.69) is 10.3 Å². The first-order valence-electron chi connectivity index (χ1n) is 9.12. The Labute approximate surface area is 176 Å². The van der Waals surface area contributed by atoms with Crippen molar-refractivity contribution in [2.24, 2.45) is 0 Å². The number of nitrogens with one attached hydrogen (secondary N) is 1. The zero-order chi connectivity index (χ0) is 21.7. The summed E-state index contributed by atoms with van der Waals surface area (Å²) in [7, 11) is 0. The van der Waals surface area contributed by atoms with Gasteiger partial charge in [0.25, 0.3) is 0 Å². The van der Waals surface area contributed by atoms with Crippen LogP contribution in [-0.2, 0) is 11.0 Å². The maximum Gasteiger partial charge on any atom is 0.418 e. The molecule has 0 fully saturated rings. The minimum absolute atomic E-state index is 0.0210. The Morgan fingerprint density at radius 1 is 1.23 bits per heavy atom. The van der Waals surface area contributed by atoms with E-state index in [0.29, 0.717) is 22.9 Å². The van der Waals surface area contributed by atoms with Crippen LogP contribution < -0.4 is 10.1 Å². The van der Waals surface area contributed by atoms with E-state index in [1.807, 2.05) is 6.92 Å². The highest BCUT2D eigenvalue weighted by Crippen LogP contribution is 2.36. The summed E-state index contributed by atoms with van der Waals surface area (Å²) in [6.07, 6.45) is 0.160. The third-order valence-electron chi connectivity index (χ3n) is 4.33. The van der Waals surface area contributed by atoms with Gasteiger partial charge < -0.3 is 14.6 Å². The van der Waals surface area contributed by atoms with E-state index in [9.17, 15) is 18.0 Å². The Morgan fingerprint density at radius 2 is 2.03 bits per heavy atom. The third kappa shape index (κ3) is 5.54. The molecule has 0 bridgehead atoms. The number of halogens is 4. The average molecular weight is 438 g/mol. The largest absolute Gasteiger partial charge is 0.493 e. The Hall–Kier alpha value is -3.00. The number of nitrogens with zero attached hydrogens (tertiary/aromatic N) is 2. The molecule has 0 aliphatic heterocycles. The van der Waals surface area contributed by atoms with Crippen molar-refractivity contribution in [3.63, 3.8) is 0 Å². The summed E-state index contributed by atoms with van der Waals surface area (Å²) in [6, 6.07) is 8.89. The number of alkyl halides is 3. The number of aromatic nitrogens is 2. The number of imidazole rings is 1. The molecular weight excluding hydrogens is 419 g/mol. The minimum Gasteiger partial charge on any atom is -0.493 e. The lowest BCUT2D eigenvalue weighted by Gasteiger charge is -2.16. The van der Waals surface area contributed by atoms with Crippen LogP contribution in [0.3, 0.4) is 0 Å². The summed E-state index contributed by atoms with van der Waals surface area (Å²) in [5.74, 6) is 0.126. The molecular formula is C21H19ClF3N3O2. The molecule has 1 amide bonds. The van der Waals surface area contributed by atoms with Crippen LogP contribution in [0.15, 0.2) is 55.1 Å². The quantitative estimate of drug-likeness (QED) is 0.486. The van der Waals surface area contributed by atoms with Crippen molar-refractivity contribution in [2.45, 2.75) is 25.9 Å². The molecule has 3 aromatic rings. The number of rotatable bonds is 7. The van der Waals surface area contributed by atoms with E-state index in [4.69, 9.17) is 16.3 Å². The summed E-state index contributed by atoms with van der Waals surface area (Å²) in [5.41, 5.74) is -0.0507. The highest BCUT2D eigenvalue weighted by Gasteiger charge is 2.34. The lowest BCUT2D eigenvalue weighted by molar-refractivity contribution is -0.137. The van der Waals surface area contributed by atoms with Crippen molar-refractivity contribution in [3.8, 4) is 11.4 Å². The van der Waals surface area contributed by atoms with Gasteiger partial charge in [-0.05, 0) is 55.3 Å². The van der Waals surface area contributed by atoms with Gasteiger partial charge in [0.15, 0.2) is 0 Å². The fraction of sp³-hybridized carbons (Fsp3) is 0.238. The third-order valence-corrected chi connectivity index (χ3v) is 4.56. The van der Waals surface area contributed by atoms with E-state index in [1.54, 1.807) is 18.2 Å². The zero-order valence-electron chi connectivity index (χ0n) is 16.0. The molecule has 0 unspecified atom stereocenters. The number of aryl methyl sites for hydroxylation is 1. The fourth-order valence-electron chi connectivity index (χ4n) is 2.85. The van der Waals surface area contributed by atoms with Crippen molar-refractivity contribution >= 4 is 23.2 Å². The van der Waals surface area contributed by atoms with E-state index in [-0.39, 0.29) is 18.7 Å². The van der Waals surface area contributed by atoms with E-state index < -0.39 is 17.6 Å². The first-order chi connectivity index (χ1) is 14.2. The number of ether oxygens (including phenoxy) is 1. The number of hydrogen-bond donors (Lipinski definition) is 1. The molecule has 0 saturated carbocycles. The van der Waals surface area contributed by atoms with Crippen LogP contribution in [-0.4, -0.2) is 22.1 Å². The first-order valence-corrected chi connectivity index (χ1v) is 9.50. The number of amides is 1. The summed E-state index contributed by atoms with van der Waals surface area (Å²) in [5, 5.41) is 2.95. The highest BCUT2D eigenvalue weighted by molar-refractivity contribution is 6.30. The van der Waals surface area contributed by atoms with E-state index in [1.165, 1.54) is 35.4 Å². The fourth-order valence-corrected chi connectivity index (χ4v) is 3.08. The molecule has 0 aliphatic carbocycles. The van der Waals surface area contributed by atoms with Gasteiger partial charge in [0, 0.05) is 29.5 Å². The van der Waals surface area contributed by atoms with Gasteiger partial charge in [-0.15, -0.1) is 0 Å². The molecule has 0 radical (unpaired) electrons. The van der Waals surface area contributed by atoms with Crippen LogP contribution in [0.4, 0.5) is 18.9 Å². The van der Waals surface area contributed by atoms with Gasteiger partial charge in [-0.1, -0.05) is 11.6 Å². The van der Waals surface area contributed by atoms with Gasteiger partial charge in [-0.3, -0.25) is 4.79 Å². The lowest BCUT2D eigenvalue weighted by atomic mass is 10.1. The second-order valence-electron chi connectivity index (χ2n) is 6.61. The summed E-state index contributed by atoms with van der Waals surface area (Å²) < 4.78 is 47.5. The Kier molecular flexibility index (Phi) is 6.66. The van der Waals surface area contributed by atoms with Crippen LogP contribution in [0.25, 0.3) is 5.69 Å². The predicted octanol–water partition coefficient (Wildman–Crippen LogP) is 5.65. The molecule has 5 nitrogen and oxygen atoms in total. The van der Waals surface area contributed by atoms with Crippen LogP contribution in [0.2, 0.25) is 5.02 Å². The Morgan fingerprint density at radius 3 is 2.70 bits per heavy atom. The van der Waals surface area contributed by atoms with Gasteiger partial charge in [-0.25, -0.2) is 4.98 Å². The van der Waals surface area contributed by atoms with Crippen molar-refractivity contribution in [1.29, 1.82) is 0 Å². The minimum atomic E-state index is -4.62. The summed E-state index contributed by atoms with van der Waals surface area (Å²) >= 11 is 5.89. The normalized spacial score (nSPS) is 11.4. The van der Waals surface area contributed by atoms with Gasteiger partial charge >= 0.3 is 6.18 Å². The maximum absolute atomic E-state index is 13.5. The van der Waals surface area contributed by atoms with Crippen molar-refractivity contribution < 1.29 is 22.7 Å². The predicted molar refractivity (Wildman–Crippen MR) is 108 cm³/mol. The van der Waals surface area contributed by atoms with Crippen LogP contribution in [0.5, 0.6) is 5.75 Å². The number of carbonyl (C=O) groups is 1. The van der Waals surface area contributed by atoms with Gasteiger partial charge in [0.2, 0.25) is 5.91 Å². The molecule has 1 aromatic heterocycles. The van der Waals surface area contributed by atoms with E-state index in [0.717, 1.165) is 11.6 Å². The molecule has 0 aliphatic rings. The second kappa shape index (κ2) is 9.21. The SMILES string of the molecule is Cc1cc(Cl)ccc1OCCCC(=O)Nc1ccc(-n2ccnc2)cc1C(F)(F)F. The van der Waals surface area contributed by atoms with Gasteiger partial charge in [-0.2, -0.15) is 13.2 Å². The number of carbonyl (C=O) groups excluding carboxylic acids is 1. The molecule has 30 heavy (non-hydrogen) atoms. The smallest absolute Gasteiger partial charge is 0.418 e. The van der Waals surface area contributed by atoms with Crippen molar-refractivity contribution in [1.82, 2.24) is 9.55 Å². The van der Waals surface area contributed by atoms with Crippen LogP contribution in [0.1, 0.15) is 24.0 Å². The summed E-state index contributed by atoms with van der Waals surface area (Å²) in [6.45, 7) is 2.10. The molecule has 0 saturated heterocycles. The van der Waals surface area contributed by atoms with Gasteiger partial charge in [0.05, 0.1) is 24.2 Å². The monoisotopic (exact) mass is 437 g/mol. The number of hydrogen-bond acceptors (Lipinski definition) is 3. The van der Waals surface area contributed by atoms with Crippen molar-refractivity contribution in [3.05, 3.63) is 71.3 Å². The zero-order valence-corrected chi connectivity index (χ0v) is 16.8. The van der Waals surface area contributed by atoms with Crippen LogP contribution in [0, 0.1) is 6.92 Å². The Bertz CT molecular complexity index is 1020. The lowest BCUT2D eigenvalue weighted by Crippen LogP contribution is -2.17. The Balaban J connectivity index is 1.60. The standard InChI is InChI=1S/C21H19ClF3N3O2/c1-14-11-15(22)4-7-19(14)30-10-2-3-20(29)27-18-6-5-16(28-9-8-26-13-28)12-17(18)21(23,24)25/h4-9,11-13H,2-3,10H2,1H3,(H,27,29). The number of anilines is 1. The molecule has 0 spiro atoms. The average Bonchev–Trinajstić information content (AvgIpc) is 3.21. The molecule has 1 N–H and O–H groups in total. The van der Waals surface area contributed by atoms with E-state index >= 15 is 0 Å². The summed E-state index contributed by atoms with van der Waals surface area (Å²) in [4.78, 5) is 16.0. The molecule has 1 heterocycles.